The molecular weight excluding hydrogens is 160 g/mol. The molecule has 0 atom stereocenters. The number of nitrogens with one attached hydrogen (secondary N) is 1. The summed E-state index contributed by atoms with van der Waals surface area (Å²) in [6.45, 7) is 9.91. The lowest BCUT2D eigenvalue weighted by atomic mass is 9.75. The summed E-state index contributed by atoms with van der Waals surface area (Å²) in [5.41, 5.74) is 0.545. The minimum absolute atomic E-state index is 0.545. The molecule has 0 spiro atoms. The van der Waals surface area contributed by atoms with Crippen molar-refractivity contribution < 1.29 is 0 Å². The molecule has 0 aromatic rings. The number of hydrogen-bond acceptors (Lipinski definition) is 2. The van der Waals surface area contributed by atoms with E-state index in [-0.39, 0.29) is 0 Å². The van der Waals surface area contributed by atoms with Gasteiger partial charge in [-0.05, 0) is 51.4 Å². The summed E-state index contributed by atoms with van der Waals surface area (Å²) < 4.78 is 0. The first-order chi connectivity index (χ1) is 6.26. The molecule has 0 radical (unpaired) electrons. The summed E-state index contributed by atoms with van der Waals surface area (Å²) in [7, 11) is 0. The topological polar surface area (TPSA) is 15.3 Å². The third kappa shape index (κ3) is 1.50. The third-order valence-electron chi connectivity index (χ3n) is 4.03. The maximum Gasteiger partial charge on any atom is 0.0256 e. The van der Waals surface area contributed by atoms with Crippen molar-refractivity contribution in [2.24, 2.45) is 5.92 Å². The van der Waals surface area contributed by atoms with Gasteiger partial charge < -0.3 is 5.32 Å². The molecule has 0 unspecified atom stereocenters. The molecule has 2 rings (SSSR count). The molecule has 0 amide bonds. The van der Waals surface area contributed by atoms with Gasteiger partial charge in [-0.1, -0.05) is 13.8 Å². The summed E-state index contributed by atoms with van der Waals surface area (Å²) in [5.74, 6) is 0.815. The molecule has 2 aliphatic rings. The van der Waals surface area contributed by atoms with E-state index in [1.54, 1.807) is 0 Å². The van der Waals surface area contributed by atoms with Crippen LogP contribution in [-0.4, -0.2) is 36.6 Å². The average Bonchev–Trinajstić information content (AvgIpc) is 2.02. The van der Waals surface area contributed by atoms with Crippen LogP contribution < -0.4 is 5.32 Å². The smallest absolute Gasteiger partial charge is 0.0256 e. The Morgan fingerprint density at radius 2 is 1.77 bits per heavy atom. The second kappa shape index (κ2) is 3.58. The summed E-state index contributed by atoms with van der Waals surface area (Å²) in [6, 6.07) is 0. The Morgan fingerprint density at radius 1 is 1.15 bits per heavy atom. The zero-order valence-electron chi connectivity index (χ0n) is 8.97. The second-order valence-corrected chi connectivity index (χ2v) is 4.85. The highest BCUT2D eigenvalue weighted by Crippen LogP contribution is 2.36. The van der Waals surface area contributed by atoms with E-state index in [4.69, 9.17) is 0 Å². The summed E-state index contributed by atoms with van der Waals surface area (Å²) in [6.07, 6.45) is 4.12. The zero-order valence-corrected chi connectivity index (χ0v) is 8.97. The number of likely N-dealkylation sites (tertiary alicyclic amines) is 1. The van der Waals surface area contributed by atoms with E-state index >= 15 is 0 Å². The molecule has 0 aliphatic carbocycles. The summed E-state index contributed by atoms with van der Waals surface area (Å²) in [5, 5.41) is 3.47. The molecule has 2 aliphatic heterocycles. The number of rotatable bonds is 2. The molecule has 2 heterocycles. The Bertz CT molecular complexity index is 167. The number of hydrogen-bond donors (Lipinski definition) is 1. The van der Waals surface area contributed by atoms with Gasteiger partial charge in [0.1, 0.15) is 0 Å². The molecule has 0 aromatic heterocycles. The van der Waals surface area contributed by atoms with E-state index in [1.807, 2.05) is 0 Å². The minimum Gasteiger partial charge on any atom is -0.317 e. The Balaban J connectivity index is 2.08. The molecular formula is C11H22N2. The predicted molar refractivity (Wildman–Crippen MR) is 55.9 cm³/mol. The van der Waals surface area contributed by atoms with Crippen LogP contribution >= 0.6 is 0 Å². The molecule has 0 bridgehead atoms. The highest BCUT2D eigenvalue weighted by atomic mass is 15.3. The van der Waals surface area contributed by atoms with E-state index in [0.717, 1.165) is 5.92 Å². The quantitative estimate of drug-likeness (QED) is 0.695. The van der Waals surface area contributed by atoms with Gasteiger partial charge in [0, 0.05) is 5.54 Å². The first-order valence-electron chi connectivity index (χ1n) is 5.71. The lowest BCUT2D eigenvalue weighted by Gasteiger charge is -2.53. The van der Waals surface area contributed by atoms with E-state index < -0.39 is 0 Å². The molecule has 2 heteroatoms. The van der Waals surface area contributed by atoms with Crippen LogP contribution in [0.15, 0.2) is 0 Å². The van der Waals surface area contributed by atoms with Crippen molar-refractivity contribution in [2.45, 2.75) is 38.6 Å². The van der Waals surface area contributed by atoms with Crippen molar-refractivity contribution in [3.05, 3.63) is 0 Å². The van der Waals surface area contributed by atoms with Crippen LogP contribution in [0.2, 0.25) is 0 Å². The van der Waals surface area contributed by atoms with Gasteiger partial charge in [-0.3, -0.25) is 4.90 Å². The standard InChI is InChI=1S/C11H22N2/c1-10(2)11(13-8-3-9-13)4-6-12-7-5-11/h10,12H,3-9H2,1-2H3. The Hall–Kier alpha value is -0.0800. The second-order valence-electron chi connectivity index (χ2n) is 4.85. The fraction of sp³-hybridized carbons (Fsp3) is 1.00. The first-order valence-corrected chi connectivity index (χ1v) is 5.71. The zero-order chi connectivity index (χ0) is 9.31. The molecule has 76 valence electrons. The highest BCUT2D eigenvalue weighted by molar-refractivity contribution is 4.99. The van der Waals surface area contributed by atoms with Crippen LogP contribution in [0, 0.1) is 5.92 Å². The lowest BCUT2D eigenvalue weighted by Crippen LogP contribution is -2.62. The van der Waals surface area contributed by atoms with Crippen LogP contribution in [0.25, 0.3) is 0 Å². The van der Waals surface area contributed by atoms with Gasteiger partial charge in [0.05, 0.1) is 0 Å². The van der Waals surface area contributed by atoms with Crippen LogP contribution in [0.4, 0.5) is 0 Å². The van der Waals surface area contributed by atoms with E-state index in [9.17, 15) is 0 Å². The number of piperidine rings is 1. The Kier molecular flexibility index (Phi) is 2.61. The molecule has 2 saturated heterocycles. The third-order valence-corrected chi connectivity index (χ3v) is 4.03. The minimum atomic E-state index is 0.545. The van der Waals surface area contributed by atoms with Crippen molar-refractivity contribution in [3.63, 3.8) is 0 Å². The average molecular weight is 182 g/mol. The van der Waals surface area contributed by atoms with Crippen LogP contribution in [0.5, 0.6) is 0 Å². The monoisotopic (exact) mass is 182 g/mol. The van der Waals surface area contributed by atoms with Gasteiger partial charge >= 0.3 is 0 Å². The van der Waals surface area contributed by atoms with Gasteiger partial charge in [-0.2, -0.15) is 0 Å². The highest BCUT2D eigenvalue weighted by Gasteiger charge is 2.42. The van der Waals surface area contributed by atoms with Crippen molar-refractivity contribution in [1.82, 2.24) is 10.2 Å². The molecule has 13 heavy (non-hydrogen) atoms. The lowest BCUT2D eigenvalue weighted by molar-refractivity contribution is -0.0267. The molecule has 0 aromatic carbocycles. The maximum absolute atomic E-state index is 3.47. The van der Waals surface area contributed by atoms with Crippen molar-refractivity contribution in [1.29, 1.82) is 0 Å². The van der Waals surface area contributed by atoms with Gasteiger partial charge in [0.15, 0.2) is 0 Å². The van der Waals surface area contributed by atoms with Gasteiger partial charge in [-0.25, -0.2) is 0 Å². The SMILES string of the molecule is CC(C)C1(N2CCC2)CCNCC1. The van der Waals surface area contributed by atoms with Gasteiger partial charge in [0.25, 0.3) is 0 Å². The predicted octanol–water partition coefficient (Wildman–Crippen LogP) is 1.47. The van der Waals surface area contributed by atoms with Gasteiger partial charge in [0.2, 0.25) is 0 Å². The summed E-state index contributed by atoms with van der Waals surface area (Å²) in [4.78, 5) is 2.72. The normalized spacial score (nSPS) is 28.8. The van der Waals surface area contributed by atoms with Crippen molar-refractivity contribution in [2.75, 3.05) is 26.2 Å². The van der Waals surface area contributed by atoms with E-state index in [2.05, 4.69) is 24.1 Å². The summed E-state index contributed by atoms with van der Waals surface area (Å²) >= 11 is 0. The van der Waals surface area contributed by atoms with Crippen molar-refractivity contribution in [3.8, 4) is 0 Å². The van der Waals surface area contributed by atoms with E-state index in [1.165, 1.54) is 45.4 Å². The molecule has 1 N–H and O–H groups in total. The van der Waals surface area contributed by atoms with Gasteiger partial charge in [-0.15, -0.1) is 0 Å². The van der Waals surface area contributed by atoms with Crippen LogP contribution in [-0.2, 0) is 0 Å². The maximum atomic E-state index is 3.47. The van der Waals surface area contributed by atoms with Crippen LogP contribution in [0.1, 0.15) is 33.1 Å². The largest absolute Gasteiger partial charge is 0.317 e. The number of nitrogens with zero attached hydrogens (tertiary/aromatic N) is 1. The van der Waals surface area contributed by atoms with Crippen molar-refractivity contribution >= 4 is 0 Å². The fourth-order valence-corrected chi connectivity index (χ4v) is 2.88. The molecule has 2 fully saturated rings. The Morgan fingerprint density at radius 3 is 2.15 bits per heavy atom. The van der Waals surface area contributed by atoms with Crippen LogP contribution in [0.3, 0.4) is 0 Å². The first kappa shape index (κ1) is 9.47. The fourth-order valence-electron chi connectivity index (χ4n) is 2.88. The molecule has 2 nitrogen and oxygen atoms in total. The van der Waals surface area contributed by atoms with E-state index in [0.29, 0.717) is 5.54 Å². The Labute approximate surface area is 81.7 Å². The molecule has 0 saturated carbocycles.